The Morgan fingerprint density at radius 2 is 1.94 bits per heavy atom. The molecule has 0 radical (unpaired) electrons. The molecule has 32 heavy (non-hydrogen) atoms. The summed E-state index contributed by atoms with van der Waals surface area (Å²) < 4.78 is 7.69. The average Bonchev–Trinajstić information content (AvgIpc) is 3.19. The highest BCUT2D eigenvalue weighted by Gasteiger charge is 2.23. The number of aliphatic hydroxyl groups excluding tert-OH is 1. The first-order valence-electron chi connectivity index (χ1n) is 10.3. The van der Waals surface area contributed by atoms with E-state index in [1.54, 1.807) is 41.1 Å². The zero-order valence-corrected chi connectivity index (χ0v) is 19.4. The number of benzene rings is 1. The number of fused-ring (bicyclic) bond motifs is 1. The van der Waals surface area contributed by atoms with Gasteiger partial charge in [-0.2, -0.15) is 0 Å². The van der Waals surface area contributed by atoms with Crippen LogP contribution in [0.4, 0.5) is 0 Å². The summed E-state index contributed by atoms with van der Waals surface area (Å²) in [5.74, 6) is 0.368. The molecule has 2 N–H and O–H groups in total. The maximum Gasteiger partial charge on any atom is 0.271 e. The number of β-amino-alcohol motifs (C(OH)–C–C–N with tert-alkyl or cyclic N) is 1. The van der Waals surface area contributed by atoms with Crippen molar-refractivity contribution in [1.29, 1.82) is 0 Å². The number of nitrogens with zero attached hydrogens (tertiary/aromatic N) is 3. The summed E-state index contributed by atoms with van der Waals surface area (Å²) in [6.45, 7) is 2.21. The number of hydrogen-bond donors (Lipinski definition) is 2. The Morgan fingerprint density at radius 3 is 2.69 bits per heavy atom. The third kappa shape index (κ3) is 5.85. The molecule has 7 nitrogen and oxygen atoms in total. The Morgan fingerprint density at radius 1 is 1.16 bits per heavy atom. The number of rotatable bonds is 7. The fraction of sp³-hybridized carbons (Fsp3) is 0.364. The van der Waals surface area contributed by atoms with Crippen LogP contribution in [0.15, 0.2) is 42.7 Å². The lowest BCUT2D eigenvalue weighted by Gasteiger charge is -2.33. The number of amides is 1. The number of likely N-dealkylation sites (tertiary alicyclic amines) is 1. The van der Waals surface area contributed by atoms with E-state index in [2.05, 4.69) is 15.2 Å². The van der Waals surface area contributed by atoms with Gasteiger partial charge in [-0.3, -0.25) is 4.79 Å². The number of nitrogens with one attached hydrogen (secondary N) is 1. The topological polar surface area (TPSA) is 79.1 Å². The van der Waals surface area contributed by atoms with Crippen molar-refractivity contribution in [2.75, 3.05) is 26.2 Å². The van der Waals surface area contributed by atoms with Crippen molar-refractivity contribution >= 4 is 46.4 Å². The van der Waals surface area contributed by atoms with Crippen molar-refractivity contribution in [3.05, 3.63) is 63.5 Å². The van der Waals surface area contributed by atoms with E-state index in [0.29, 0.717) is 33.0 Å². The van der Waals surface area contributed by atoms with E-state index in [1.165, 1.54) is 0 Å². The highest BCUT2D eigenvalue weighted by atomic mass is 35.5. The quantitative estimate of drug-likeness (QED) is 0.517. The van der Waals surface area contributed by atoms with Gasteiger partial charge in [0.2, 0.25) is 0 Å². The molecule has 1 saturated heterocycles. The zero-order valence-electron chi connectivity index (χ0n) is 17.2. The van der Waals surface area contributed by atoms with Crippen LogP contribution in [0, 0.1) is 0 Å². The molecular formula is C22H23Cl3N4O3. The molecule has 0 bridgehead atoms. The van der Waals surface area contributed by atoms with Crippen molar-refractivity contribution in [3.8, 4) is 5.75 Å². The van der Waals surface area contributed by atoms with Gasteiger partial charge >= 0.3 is 0 Å². The maximum absolute atomic E-state index is 12.4. The fourth-order valence-electron chi connectivity index (χ4n) is 3.69. The second-order valence-corrected chi connectivity index (χ2v) is 9.05. The lowest BCUT2D eigenvalue weighted by Crippen LogP contribution is -2.45. The number of piperidine rings is 1. The number of carbonyl (C=O) groups excluding carboxylic acids is 1. The van der Waals surface area contributed by atoms with Gasteiger partial charge in [0.25, 0.3) is 5.91 Å². The second kappa shape index (κ2) is 10.3. The minimum absolute atomic E-state index is 0.0869. The van der Waals surface area contributed by atoms with Crippen LogP contribution in [-0.2, 0) is 0 Å². The molecule has 1 amide bonds. The van der Waals surface area contributed by atoms with Crippen LogP contribution >= 0.6 is 34.8 Å². The predicted molar refractivity (Wildman–Crippen MR) is 125 cm³/mol. The number of pyridine rings is 1. The van der Waals surface area contributed by atoms with Crippen LogP contribution in [0.2, 0.25) is 15.1 Å². The van der Waals surface area contributed by atoms with Gasteiger partial charge in [0.15, 0.2) is 0 Å². The molecule has 1 aromatic carbocycles. The molecule has 1 atom stereocenters. The Bertz CT molecular complexity index is 1100. The van der Waals surface area contributed by atoms with Crippen molar-refractivity contribution in [3.63, 3.8) is 0 Å². The monoisotopic (exact) mass is 496 g/mol. The van der Waals surface area contributed by atoms with E-state index >= 15 is 0 Å². The highest BCUT2D eigenvalue weighted by molar-refractivity contribution is 6.42. The summed E-state index contributed by atoms with van der Waals surface area (Å²) >= 11 is 17.9. The van der Waals surface area contributed by atoms with Crippen LogP contribution in [-0.4, -0.2) is 63.7 Å². The molecule has 1 aliphatic rings. The normalized spacial score (nSPS) is 16.2. The van der Waals surface area contributed by atoms with E-state index in [0.717, 1.165) is 25.9 Å². The minimum Gasteiger partial charge on any atom is -0.490 e. The molecule has 4 rings (SSSR count). The number of aromatic nitrogens is 2. The first kappa shape index (κ1) is 23.1. The third-order valence-corrected chi connectivity index (χ3v) is 6.31. The molecule has 1 fully saturated rings. The molecule has 170 valence electrons. The van der Waals surface area contributed by atoms with Crippen molar-refractivity contribution in [2.24, 2.45) is 0 Å². The summed E-state index contributed by atoms with van der Waals surface area (Å²) in [5.41, 5.74) is 0.908. The summed E-state index contributed by atoms with van der Waals surface area (Å²) in [6.07, 6.45) is 4.37. The average molecular weight is 498 g/mol. The van der Waals surface area contributed by atoms with Gasteiger partial charge in [0.1, 0.15) is 23.2 Å². The molecule has 0 spiro atoms. The SMILES string of the molecule is O=C(NC[C@@H](O)CN1CCC(Oc2ccc(Cl)c(Cl)c2)CC1)c1cn2cc(Cl)ccc2n1. The predicted octanol–water partition coefficient (Wildman–Crippen LogP) is 3.93. The van der Waals surface area contributed by atoms with Crippen LogP contribution in [0.25, 0.3) is 5.65 Å². The van der Waals surface area contributed by atoms with Crippen molar-refractivity contribution in [2.45, 2.75) is 25.0 Å². The van der Waals surface area contributed by atoms with Gasteiger partial charge in [-0.1, -0.05) is 34.8 Å². The molecule has 0 saturated carbocycles. The van der Waals surface area contributed by atoms with Gasteiger partial charge in [-0.05, 0) is 37.1 Å². The lowest BCUT2D eigenvalue weighted by atomic mass is 10.1. The molecule has 3 aromatic rings. The molecular weight excluding hydrogens is 475 g/mol. The molecule has 10 heteroatoms. The summed E-state index contributed by atoms with van der Waals surface area (Å²) in [6, 6.07) is 8.71. The zero-order chi connectivity index (χ0) is 22.7. The van der Waals surface area contributed by atoms with Crippen LogP contribution < -0.4 is 10.1 Å². The molecule has 0 unspecified atom stereocenters. The van der Waals surface area contributed by atoms with Crippen LogP contribution in [0.3, 0.4) is 0 Å². The van der Waals surface area contributed by atoms with Crippen LogP contribution in [0.5, 0.6) is 5.75 Å². The van der Waals surface area contributed by atoms with Gasteiger partial charge < -0.3 is 24.5 Å². The van der Waals surface area contributed by atoms with Gasteiger partial charge in [0, 0.05) is 44.6 Å². The fourth-order valence-corrected chi connectivity index (χ4v) is 4.15. The van der Waals surface area contributed by atoms with Crippen molar-refractivity contribution in [1.82, 2.24) is 19.6 Å². The Kier molecular flexibility index (Phi) is 7.43. The number of halogens is 3. The molecule has 0 aliphatic carbocycles. The minimum atomic E-state index is -0.682. The van der Waals surface area contributed by atoms with E-state index in [9.17, 15) is 9.90 Å². The largest absolute Gasteiger partial charge is 0.490 e. The standard InChI is InChI=1S/C22H23Cl3N4O3/c23-14-1-4-21-27-20(13-29(21)11-14)22(31)26-10-15(30)12-28-7-5-16(6-8-28)32-17-2-3-18(24)19(25)9-17/h1-4,9,11,13,15-16,30H,5-8,10,12H2,(H,26,31)/t15-/m1/s1. The maximum atomic E-state index is 12.4. The van der Waals surface area contributed by atoms with Crippen LogP contribution in [0.1, 0.15) is 23.3 Å². The Labute approximate surface area is 200 Å². The van der Waals surface area contributed by atoms with Gasteiger partial charge in [-0.15, -0.1) is 0 Å². The molecule has 2 aromatic heterocycles. The van der Waals surface area contributed by atoms with E-state index in [1.807, 2.05) is 6.07 Å². The number of carbonyl (C=O) groups is 1. The Balaban J connectivity index is 1.20. The smallest absolute Gasteiger partial charge is 0.271 e. The number of imidazole rings is 1. The second-order valence-electron chi connectivity index (χ2n) is 7.80. The summed E-state index contributed by atoms with van der Waals surface area (Å²) in [4.78, 5) is 18.8. The molecule has 3 heterocycles. The number of aliphatic hydroxyl groups is 1. The number of ether oxygens (including phenoxy) is 1. The number of hydrogen-bond acceptors (Lipinski definition) is 5. The first-order valence-corrected chi connectivity index (χ1v) is 11.5. The van der Waals surface area contributed by atoms with Crippen molar-refractivity contribution < 1.29 is 14.6 Å². The van der Waals surface area contributed by atoms with Gasteiger partial charge in [-0.25, -0.2) is 4.98 Å². The van der Waals surface area contributed by atoms with E-state index in [-0.39, 0.29) is 24.2 Å². The summed E-state index contributed by atoms with van der Waals surface area (Å²) in [7, 11) is 0. The lowest BCUT2D eigenvalue weighted by molar-refractivity contribution is 0.0593. The highest BCUT2D eigenvalue weighted by Crippen LogP contribution is 2.28. The molecule has 1 aliphatic heterocycles. The first-order chi connectivity index (χ1) is 15.4. The summed E-state index contributed by atoms with van der Waals surface area (Å²) in [5, 5.41) is 14.6. The van der Waals surface area contributed by atoms with E-state index in [4.69, 9.17) is 39.5 Å². The van der Waals surface area contributed by atoms with Gasteiger partial charge in [0.05, 0.1) is 21.2 Å². The Hall–Kier alpha value is -2.03. The third-order valence-electron chi connectivity index (χ3n) is 5.34. The van der Waals surface area contributed by atoms with E-state index < -0.39 is 6.10 Å².